The second kappa shape index (κ2) is 10.1. The molecule has 1 saturated heterocycles. The minimum absolute atomic E-state index is 0. The van der Waals surface area contributed by atoms with Gasteiger partial charge in [0.15, 0.2) is 0 Å². The molecule has 0 aromatic heterocycles. The van der Waals surface area contributed by atoms with Crippen molar-refractivity contribution in [2.75, 3.05) is 25.0 Å². The summed E-state index contributed by atoms with van der Waals surface area (Å²) in [6.45, 7) is 6.95. The Hall–Kier alpha value is -2.73. The molecule has 1 saturated carbocycles. The lowest BCUT2D eigenvalue weighted by molar-refractivity contribution is -0.140. The Balaban J connectivity index is 0.00000304. The van der Waals surface area contributed by atoms with E-state index < -0.39 is 0 Å². The summed E-state index contributed by atoms with van der Waals surface area (Å²) in [5.74, 6) is 0.0148. The fourth-order valence-electron chi connectivity index (χ4n) is 6.16. The SMILES string of the molecule is Cc1c(CN2CCN(C(=O)C3CCCC3)[C@@H](C)C2)cc(F)cc1NC(=O)C1Cc2ccccc2C1.[HH]. The summed E-state index contributed by atoms with van der Waals surface area (Å²) >= 11 is 0. The maximum absolute atomic E-state index is 14.6. The maximum Gasteiger partial charge on any atom is 0.228 e. The fourth-order valence-corrected chi connectivity index (χ4v) is 6.16. The Morgan fingerprint density at radius 2 is 1.74 bits per heavy atom. The van der Waals surface area contributed by atoms with Crippen molar-refractivity contribution in [3.05, 3.63) is 64.5 Å². The van der Waals surface area contributed by atoms with Gasteiger partial charge in [-0.1, -0.05) is 37.1 Å². The van der Waals surface area contributed by atoms with E-state index in [2.05, 4.69) is 34.2 Å². The Labute approximate surface area is 209 Å². The van der Waals surface area contributed by atoms with Gasteiger partial charge in [0.2, 0.25) is 11.8 Å². The summed E-state index contributed by atoms with van der Waals surface area (Å²) in [7, 11) is 0. The molecular weight excluding hydrogens is 441 g/mol. The van der Waals surface area contributed by atoms with Crippen molar-refractivity contribution in [3.8, 4) is 0 Å². The number of hydrogen-bond acceptors (Lipinski definition) is 3. The molecule has 2 aromatic rings. The number of hydrogen-bond donors (Lipinski definition) is 1. The van der Waals surface area contributed by atoms with Crippen molar-refractivity contribution in [2.45, 2.75) is 65.0 Å². The first-order chi connectivity index (χ1) is 16.9. The topological polar surface area (TPSA) is 52.6 Å². The standard InChI is InChI=1S/C29H36FN3O2.H2/c1-19-17-32(11-12-33(19)29(35)21-7-3-4-8-21)18-25-15-26(30)16-27(20(25)2)31-28(34)24-13-22-9-5-6-10-23(22)14-24;/h5-6,9-10,15-16,19,21,24H,3-4,7-8,11-14,17-18H2,1-2H3,(H,31,34);1H/t19-;/m0./s1. The quantitative estimate of drug-likeness (QED) is 0.660. The minimum Gasteiger partial charge on any atom is -0.337 e. The van der Waals surface area contributed by atoms with Gasteiger partial charge in [0.1, 0.15) is 5.82 Å². The molecule has 2 aliphatic carbocycles. The molecule has 0 radical (unpaired) electrons. The van der Waals surface area contributed by atoms with Crippen LogP contribution in [0.15, 0.2) is 36.4 Å². The predicted molar refractivity (Wildman–Crippen MR) is 138 cm³/mol. The lowest BCUT2D eigenvalue weighted by Crippen LogP contribution is -2.54. The molecule has 1 atom stereocenters. The van der Waals surface area contributed by atoms with Crippen LogP contribution < -0.4 is 5.32 Å². The van der Waals surface area contributed by atoms with Crippen LogP contribution in [0.5, 0.6) is 0 Å². The van der Waals surface area contributed by atoms with Crippen LogP contribution >= 0.6 is 0 Å². The number of piperazine rings is 1. The number of nitrogens with one attached hydrogen (secondary N) is 1. The van der Waals surface area contributed by atoms with Crippen LogP contribution in [0.2, 0.25) is 0 Å². The molecule has 3 aliphatic rings. The molecule has 0 bridgehead atoms. The number of anilines is 1. The number of rotatable bonds is 5. The third kappa shape index (κ3) is 5.13. The molecule has 2 fully saturated rings. The summed E-state index contributed by atoms with van der Waals surface area (Å²) < 4.78 is 14.6. The summed E-state index contributed by atoms with van der Waals surface area (Å²) in [6, 6.07) is 11.3. The Morgan fingerprint density at radius 3 is 2.40 bits per heavy atom. The summed E-state index contributed by atoms with van der Waals surface area (Å²) in [5, 5.41) is 3.02. The van der Waals surface area contributed by atoms with Gasteiger partial charge in [-0.3, -0.25) is 14.5 Å². The van der Waals surface area contributed by atoms with Crippen molar-refractivity contribution in [2.24, 2.45) is 11.8 Å². The summed E-state index contributed by atoms with van der Waals surface area (Å²) in [5.41, 5.74) is 4.81. The lowest BCUT2D eigenvalue weighted by Gasteiger charge is -2.41. The van der Waals surface area contributed by atoms with Crippen molar-refractivity contribution < 1.29 is 15.4 Å². The molecule has 188 valence electrons. The van der Waals surface area contributed by atoms with Crippen molar-refractivity contribution in [1.29, 1.82) is 0 Å². The first-order valence-electron chi connectivity index (χ1n) is 13.1. The van der Waals surface area contributed by atoms with Crippen molar-refractivity contribution in [3.63, 3.8) is 0 Å². The van der Waals surface area contributed by atoms with Gasteiger partial charge in [-0.15, -0.1) is 0 Å². The minimum atomic E-state index is -0.335. The predicted octanol–water partition coefficient (Wildman–Crippen LogP) is 4.96. The van der Waals surface area contributed by atoms with Crippen molar-refractivity contribution in [1.82, 2.24) is 9.80 Å². The maximum atomic E-state index is 14.6. The van der Waals surface area contributed by atoms with E-state index in [4.69, 9.17) is 0 Å². The number of carbonyl (C=O) groups is 2. The molecule has 6 heteroatoms. The van der Waals surface area contributed by atoms with Gasteiger partial charge in [-0.05, 0) is 73.9 Å². The molecule has 35 heavy (non-hydrogen) atoms. The van der Waals surface area contributed by atoms with E-state index in [1.165, 1.54) is 17.2 Å². The zero-order chi connectivity index (χ0) is 24.5. The van der Waals surface area contributed by atoms with Gasteiger partial charge in [-0.2, -0.15) is 0 Å². The molecule has 2 aromatic carbocycles. The zero-order valence-electron chi connectivity index (χ0n) is 20.9. The highest BCUT2D eigenvalue weighted by Crippen LogP contribution is 2.30. The lowest BCUT2D eigenvalue weighted by atomic mass is 10.0. The van der Waals surface area contributed by atoms with E-state index in [1.807, 2.05) is 19.1 Å². The van der Waals surface area contributed by atoms with Crippen LogP contribution in [0.1, 0.15) is 56.3 Å². The average molecular weight is 480 g/mol. The number of fused-ring (bicyclic) bond motifs is 1. The fraction of sp³-hybridized carbons (Fsp3) is 0.517. The molecule has 1 heterocycles. The second-order valence-corrected chi connectivity index (χ2v) is 10.7. The van der Waals surface area contributed by atoms with Crippen LogP contribution in [0.25, 0.3) is 0 Å². The van der Waals surface area contributed by atoms with Crippen LogP contribution in [-0.2, 0) is 29.0 Å². The Bertz CT molecular complexity index is 1090. The molecule has 1 aliphatic heterocycles. The number of amides is 2. The van der Waals surface area contributed by atoms with E-state index in [-0.39, 0.29) is 31.0 Å². The van der Waals surface area contributed by atoms with Crippen LogP contribution in [0.4, 0.5) is 10.1 Å². The highest BCUT2D eigenvalue weighted by Gasteiger charge is 2.33. The highest BCUT2D eigenvalue weighted by molar-refractivity contribution is 5.94. The van der Waals surface area contributed by atoms with E-state index in [0.717, 1.165) is 69.3 Å². The van der Waals surface area contributed by atoms with Gasteiger partial charge in [0.05, 0.1) is 0 Å². The molecule has 5 nitrogen and oxygen atoms in total. The van der Waals surface area contributed by atoms with Gasteiger partial charge >= 0.3 is 0 Å². The number of carbonyl (C=O) groups excluding carboxylic acids is 2. The van der Waals surface area contributed by atoms with Gasteiger partial charge < -0.3 is 10.2 Å². The Morgan fingerprint density at radius 1 is 1.06 bits per heavy atom. The van der Waals surface area contributed by atoms with E-state index in [1.54, 1.807) is 6.07 Å². The zero-order valence-corrected chi connectivity index (χ0v) is 20.9. The number of nitrogens with zero attached hydrogens (tertiary/aromatic N) is 2. The largest absolute Gasteiger partial charge is 0.337 e. The number of benzene rings is 2. The van der Waals surface area contributed by atoms with E-state index >= 15 is 0 Å². The van der Waals surface area contributed by atoms with Gasteiger partial charge in [-0.25, -0.2) is 4.39 Å². The molecule has 5 rings (SSSR count). The van der Waals surface area contributed by atoms with Gasteiger partial charge in [0.25, 0.3) is 0 Å². The number of halogens is 1. The van der Waals surface area contributed by atoms with Crippen LogP contribution in [-0.4, -0.2) is 47.3 Å². The van der Waals surface area contributed by atoms with Crippen LogP contribution in [0.3, 0.4) is 0 Å². The summed E-state index contributed by atoms with van der Waals surface area (Å²) in [6.07, 6.45) is 5.83. The normalized spacial score (nSPS) is 21.3. The monoisotopic (exact) mass is 479 g/mol. The molecule has 1 N–H and O–H groups in total. The Kier molecular flexibility index (Phi) is 6.92. The first kappa shape index (κ1) is 24.0. The highest BCUT2D eigenvalue weighted by atomic mass is 19.1. The average Bonchev–Trinajstić information content (AvgIpc) is 3.52. The third-order valence-corrected chi connectivity index (χ3v) is 8.25. The van der Waals surface area contributed by atoms with Gasteiger partial charge in [0, 0.05) is 51.2 Å². The molecular formula is C29H38FN3O2. The molecule has 0 unspecified atom stereocenters. The smallest absolute Gasteiger partial charge is 0.228 e. The molecule has 2 amide bonds. The summed E-state index contributed by atoms with van der Waals surface area (Å²) in [4.78, 5) is 30.3. The van der Waals surface area contributed by atoms with E-state index in [9.17, 15) is 14.0 Å². The van der Waals surface area contributed by atoms with Crippen molar-refractivity contribution >= 4 is 17.5 Å². The molecule has 0 spiro atoms. The van der Waals surface area contributed by atoms with E-state index in [0.29, 0.717) is 18.1 Å². The van der Waals surface area contributed by atoms with Crippen LogP contribution in [0, 0.1) is 24.6 Å². The second-order valence-electron chi connectivity index (χ2n) is 10.7. The first-order valence-corrected chi connectivity index (χ1v) is 13.1. The third-order valence-electron chi connectivity index (χ3n) is 8.25.